The van der Waals surface area contributed by atoms with Gasteiger partial charge in [-0.2, -0.15) is 0 Å². The van der Waals surface area contributed by atoms with Gasteiger partial charge in [-0.15, -0.1) is 0 Å². The summed E-state index contributed by atoms with van der Waals surface area (Å²) in [5.41, 5.74) is 2.36. The highest BCUT2D eigenvalue weighted by Gasteiger charge is 2.39. The van der Waals surface area contributed by atoms with Crippen LogP contribution in [0.3, 0.4) is 0 Å². The molecule has 0 aliphatic carbocycles. The molecule has 150 valence electrons. The number of phenols is 1. The molecule has 0 aliphatic rings. The van der Waals surface area contributed by atoms with Crippen molar-refractivity contribution in [2.24, 2.45) is 7.05 Å². The fraction of sp³-hybridized carbons (Fsp3) is 0.308. The molecule has 0 atom stereocenters. The Morgan fingerprint density at radius 2 is 1.52 bits per heavy atom. The van der Waals surface area contributed by atoms with Gasteiger partial charge in [-0.3, -0.25) is 0 Å². The van der Waals surface area contributed by atoms with Gasteiger partial charge in [0.2, 0.25) is 0 Å². The van der Waals surface area contributed by atoms with Gasteiger partial charge < -0.3 is 9.67 Å². The summed E-state index contributed by atoms with van der Waals surface area (Å²) in [4.78, 5) is 0. The lowest BCUT2D eigenvalue weighted by atomic mass is 9.95. The van der Waals surface area contributed by atoms with Crippen molar-refractivity contribution in [3.63, 3.8) is 0 Å². The van der Waals surface area contributed by atoms with E-state index in [4.69, 9.17) is 0 Å². The predicted octanol–water partition coefficient (Wildman–Crippen LogP) is 5.76. The van der Waals surface area contributed by atoms with Crippen LogP contribution in [0.4, 0.5) is 0 Å². The largest absolute Gasteiger partial charge is 0.508 e. The number of fused-ring (bicyclic) bond motifs is 2. The molecule has 29 heavy (non-hydrogen) atoms. The van der Waals surface area contributed by atoms with E-state index in [9.17, 15) is 5.11 Å². The van der Waals surface area contributed by atoms with Crippen molar-refractivity contribution in [1.29, 1.82) is 0 Å². The maximum absolute atomic E-state index is 11.6. The normalized spacial score (nSPS) is 12.3. The molecular formula is C26H31NOSi. The zero-order valence-corrected chi connectivity index (χ0v) is 19.2. The number of phenolic OH excluding ortho intramolecular Hbond substituents is 1. The Hall–Kier alpha value is -2.52. The summed E-state index contributed by atoms with van der Waals surface area (Å²) in [5.74, 6) is 0.801. The van der Waals surface area contributed by atoms with Crippen molar-refractivity contribution in [2.75, 3.05) is 0 Å². The minimum Gasteiger partial charge on any atom is -0.508 e. The predicted molar refractivity (Wildman–Crippen MR) is 129 cm³/mol. The molecule has 0 saturated carbocycles. The molecule has 0 amide bonds. The molecule has 0 saturated heterocycles. The van der Waals surface area contributed by atoms with E-state index in [0.29, 0.717) is 5.75 Å². The number of aromatic hydroxyl groups is 1. The number of benzene rings is 3. The van der Waals surface area contributed by atoms with Crippen molar-refractivity contribution >= 4 is 40.1 Å². The number of hydrogen-bond donors (Lipinski definition) is 1. The van der Waals surface area contributed by atoms with Gasteiger partial charge in [0, 0.05) is 24.3 Å². The smallest absolute Gasteiger partial charge is 0.125 e. The molecule has 0 radical (unpaired) electrons. The molecule has 4 aromatic rings. The molecule has 2 nitrogen and oxygen atoms in total. The molecule has 1 aromatic heterocycles. The van der Waals surface area contributed by atoms with Crippen LogP contribution in [0.1, 0.15) is 39.2 Å². The quantitative estimate of drug-likeness (QED) is 0.422. The third kappa shape index (κ3) is 2.91. The van der Waals surface area contributed by atoms with Gasteiger partial charge in [-0.1, -0.05) is 88.3 Å². The van der Waals surface area contributed by atoms with E-state index in [1.165, 1.54) is 32.0 Å². The van der Waals surface area contributed by atoms with E-state index in [0.717, 1.165) is 17.7 Å². The molecule has 0 bridgehead atoms. The first kappa shape index (κ1) is 19.8. The van der Waals surface area contributed by atoms with E-state index in [1.54, 1.807) is 0 Å². The molecule has 1 heterocycles. The Morgan fingerprint density at radius 3 is 2.17 bits per heavy atom. The highest BCUT2D eigenvalue weighted by atomic mass is 28.3. The first-order valence-electron chi connectivity index (χ1n) is 10.7. The van der Waals surface area contributed by atoms with Crippen LogP contribution in [-0.4, -0.2) is 17.7 Å². The molecule has 0 unspecified atom stereocenters. The van der Waals surface area contributed by atoms with Crippen molar-refractivity contribution in [3.8, 4) is 5.75 Å². The van der Waals surface area contributed by atoms with Gasteiger partial charge in [0.15, 0.2) is 0 Å². The fourth-order valence-electron chi connectivity index (χ4n) is 5.19. The van der Waals surface area contributed by atoms with Crippen molar-refractivity contribution in [1.82, 2.24) is 4.57 Å². The SMILES string of the molecule is CC[Si](CC)(c1cc2ccccc2c(C(C)C)c1O)c1cn(C)c2ccccc12. The number of nitrogens with zero attached hydrogens (tertiary/aromatic N) is 1. The van der Waals surface area contributed by atoms with E-state index in [-0.39, 0.29) is 5.92 Å². The summed E-state index contributed by atoms with van der Waals surface area (Å²) in [5, 5.41) is 18.0. The standard InChI is InChI=1S/C26H31NOSi/c1-6-29(7-2,24-17-27(5)22-15-11-10-14-21(22)24)23-16-19-12-8-9-13-20(19)25(18(3)4)26(23)28/h8-18,28H,6-7H2,1-5H3. The molecule has 0 spiro atoms. The Labute approximate surface area is 174 Å². The van der Waals surface area contributed by atoms with Crippen molar-refractivity contribution in [2.45, 2.75) is 45.7 Å². The van der Waals surface area contributed by atoms with E-state index in [2.05, 4.69) is 100 Å². The number of hydrogen-bond acceptors (Lipinski definition) is 1. The highest BCUT2D eigenvalue weighted by molar-refractivity contribution is 7.04. The third-order valence-electron chi connectivity index (χ3n) is 6.77. The Kier molecular flexibility index (Phi) is 5.03. The van der Waals surface area contributed by atoms with E-state index >= 15 is 0 Å². The summed E-state index contributed by atoms with van der Waals surface area (Å²) < 4.78 is 2.25. The van der Waals surface area contributed by atoms with Crippen LogP contribution in [-0.2, 0) is 7.05 Å². The maximum Gasteiger partial charge on any atom is 0.125 e. The molecule has 1 N–H and O–H groups in total. The summed E-state index contributed by atoms with van der Waals surface area (Å²) in [6.07, 6.45) is 2.33. The molecule has 4 rings (SSSR count). The molecule has 0 fully saturated rings. The van der Waals surface area contributed by atoms with Gasteiger partial charge in [0.1, 0.15) is 13.8 Å². The average Bonchev–Trinajstić information content (AvgIpc) is 3.07. The Morgan fingerprint density at radius 1 is 0.897 bits per heavy atom. The molecule has 0 aliphatic heterocycles. The van der Waals surface area contributed by atoms with Gasteiger partial charge in [0.05, 0.1) is 0 Å². The summed E-state index contributed by atoms with van der Waals surface area (Å²) in [6.45, 7) is 8.98. The van der Waals surface area contributed by atoms with Gasteiger partial charge in [0.25, 0.3) is 0 Å². The zero-order valence-electron chi connectivity index (χ0n) is 18.2. The summed E-state index contributed by atoms with van der Waals surface area (Å²) >= 11 is 0. The minimum absolute atomic E-state index is 0.271. The number of aryl methyl sites for hydroxylation is 1. The lowest BCUT2D eigenvalue weighted by Gasteiger charge is -2.32. The lowest BCUT2D eigenvalue weighted by Crippen LogP contribution is -2.57. The minimum atomic E-state index is -2.15. The average molecular weight is 402 g/mol. The van der Waals surface area contributed by atoms with Crippen LogP contribution in [0.25, 0.3) is 21.7 Å². The molecular weight excluding hydrogens is 370 g/mol. The third-order valence-corrected chi connectivity index (χ3v) is 12.0. The zero-order chi connectivity index (χ0) is 20.8. The Bertz CT molecular complexity index is 1180. The van der Waals surface area contributed by atoms with Gasteiger partial charge in [-0.05, 0) is 38.5 Å². The Balaban J connectivity index is 2.11. The topological polar surface area (TPSA) is 25.2 Å². The van der Waals surface area contributed by atoms with E-state index in [1.807, 2.05) is 0 Å². The first-order chi connectivity index (χ1) is 13.9. The summed E-state index contributed by atoms with van der Waals surface area (Å²) in [7, 11) is -0.0141. The summed E-state index contributed by atoms with van der Waals surface area (Å²) in [6, 6.07) is 21.6. The molecule has 3 heteroatoms. The van der Waals surface area contributed by atoms with Crippen LogP contribution in [0, 0.1) is 0 Å². The molecule has 3 aromatic carbocycles. The van der Waals surface area contributed by atoms with E-state index < -0.39 is 8.07 Å². The fourth-order valence-corrected chi connectivity index (χ4v) is 9.70. The van der Waals surface area contributed by atoms with Gasteiger partial charge in [-0.25, -0.2) is 0 Å². The number of para-hydroxylation sites is 1. The van der Waals surface area contributed by atoms with Crippen molar-refractivity contribution in [3.05, 3.63) is 66.4 Å². The highest BCUT2D eigenvalue weighted by Crippen LogP contribution is 2.35. The van der Waals surface area contributed by atoms with Crippen LogP contribution in [0.2, 0.25) is 12.1 Å². The van der Waals surface area contributed by atoms with Gasteiger partial charge >= 0.3 is 0 Å². The second-order valence-electron chi connectivity index (χ2n) is 8.52. The maximum atomic E-state index is 11.6. The monoisotopic (exact) mass is 401 g/mol. The number of rotatable bonds is 5. The van der Waals surface area contributed by atoms with Crippen molar-refractivity contribution < 1.29 is 5.11 Å². The van der Waals surface area contributed by atoms with Crippen LogP contribution < -0.4 is 10.4 Å². The van der Waals surface area contributed by atoms with Crippen LogP contribution in [0.5, 0.6) is 5.75 Å². The number of aromatic nitrogens is 1. The lowest BCUT2D eigenvalue weighted by molar-refractivity contribution is 0.470. The first-order valence-corrected chi connectivity index (χ1v) is 13.2. The van der Waals surface area contributed by atoms with Crippen LogP contribution in [0.15, 0.2) is 60.8 Å². The second-order valence-corrected chi connectivity index (χ2v) is 13.2. The van der Waals surface area contributed by atoms with Crippen LogP contribution >= 0.6 is 0 Å². The second kappa shape index (κ2) is 7.38.